The van der Waals surface area contributed by atoms with Gasteiger partial charge in [-0.25, -0.2) is 8.42 Å². The number of carbonyl (C=O) groups is 2. The van der Waals surface area contributed by atoms with Gasteiger partial charge in [0.25, 0.3) is 5.91 Å². The molecule has 0 aliphatic carbocycles. The smallest absolute Gasteiger partial charge is 0.255 e. The van der Waals surface area contributed by atoms with Crippen LogP contribution in [0.5, 0.6) is 5.75 Å². The number of rotatable bonds is 8. The number of carbonyl (C=O) groups excluding carboxylic acids is 2. The molecule has 2 rings (SSSR count). The highest BCUT2D eigenvalue weighted by atomic mass is 32.2. The lowest BCUT2D eigenvalue weighted by Gasteiger charge is -2.20. The molecule has 0 saturated carbocycles. The zero-order chi connectivity index (χ0) is 21.6. The molecule has 2 amide bonds. The molecule has 156 valence electrons. The van der Waals surface area contributed by atoms with Gasteiger partial charge in [-0.05, 0) is 36.8 Å². The number of nitrogens with zero attached hydrogens (tertiary/aromatic N) is 1. The number of nitrogens with one attached hydrogen (secondary N) is 2. The molecule has 0 unspecified atom stereocenters. The molecule has 2 aromatic rings. The first kappa shape index (κ1) is 22.2. The predicted octanol–water partition coefficient (Wildman–Crippen LogP) is 2.48. The molecule has 29 heavy (non-hydrogen) atoms. The van der Waals surface area contributed by atoms with Gasteiger partial charge in [-0.2, -0.15) is 0 Å². The summed E-state index contributed by atoms with van der Waals surface area (Å²) < 4.78 is 31.3. The van der Waals surface area contributed by atoms with E-state index in [-0.39, 0.29) is 30.3 Å². The Morgan fingerprint density at radius 3 is 2.45 bits per heavy atom. The van der Waals surface area contributed by atoms with Crippen molar-refractivity contribution in [1.82, 2.24) is 4.90 Å². The molecule has 0 aliphatic rings. The Kier molecular flexibility index (Phi) is 7.22. The van der Waals surface area contributed by atoms with Gasteiger partial charge in [0.1, 0.15) is 12.4 Å². The molecule has 9 heteroatoms. The van der Waals surface area contributed by atoms with E-state index in [0.717, 1.165) is 17.6 Å². The Hall–Kier alpha value is -3.07. The fourth-order valence-electron chi connectivity index (χ4n) is 2.61. The number of sulfonamides is 1. The van der Waals surface area contributed by atoms with Gasteiger partial charge in [0.15, 0.2) is 0 Å². The second-order valence-corrected chi connectivity index (χ2v) is 8.40. The molecule has 0 atom stereocenters. The number of para-hydroxylation sites is 1. The van der Waals surface area contributed by atoms with Crippen molar-refractivity contribution in [3.05, 3.63) is 53.6 Å². The van der Waals surface area contributed by atoms with Gasteiger partial charge in [-0.15, -0.1) is 0 Å². The van der Waals surface area contributed by atoms with E-state index in [9.17, 15) is 18.0 Å². The van der Waals surface area contributed by atoms with Crippen LogP contribution in [0, 0.1) is 6.92 Å². The van der Waals surface area contributed by atoms with E-state index < -0.39 is 15.9 Å². The summed E-state index contributed by atoms with van der Waals surface area (Å²) in [5, 5.41) is 2.59. The predicted molar refractivity (Wildman–Crippen MR) is 113 cm³/mol. The van der Waals surface area contributed by atoms with E-state index in [1.807, 2.05) is 31.2 Å². The summed E-state index contributed by atoms with van der Waals surface area (Å²) in [5.41, 5.74) is 1.65. The first-order valence-corrected chi connectivity index (χ1v) is 10.8. The molecule has 0 saturated heterocycles. The number of amides is 2. The van der Waals surface area contributed by atoms with Crippen molar-refractivity contribution < 1.29 is 22.7 Å². The molecule has 0 radical (unpaired) electrons. The monoisotopic (exact) mass is 419 g/mol. The van der Waals surface area contributed by atoms with E-state index in [2.05, 4.69) is 10.0 Å². The average molecular weight is 420 g/mol. The van der Waals surface area contributed by atoms with Crippen molar-refractivity contribution in [2.75, 3.05) is 36.5 Å². The van der Waals surface area contributed by atoms with Gasteiger partial charge in [0, 0.05) is 19.7 Å². The van der Waals surface area contributed by atoms with Crippen LogP contribution in [0.15, 0.2) is 42.5 Å². The number of likely N-dealkylation sites (N-methyl/N-ethyl adjacent to an activating group) is 1. The molecule has 0 spiro atoms. The summed E-state index contributed by atoms with van der Waals surface area (Å²) in [7, 11) is -1.99. The highest BCUT2D eigenvalue weighted by Crippen LogP contribution is 2.23. The third-order valence-electron chi connectivity index (χ3n) is 3.99. The normalized spacial score (nSPS) is 10.9. The molecule has 0 fully saturated rings. The Balaban J connectivity index is 2.17. The number of hydrogen-bond donors (Lipinski definition) is 2. The van der Waals surface area contributed by atoms with Crippen molar-refractivity contribution in [2.45, 2.75) is 13.8 Å². The minimum atomic E-state index is -3.59. The van der Waals surface area contributed by atoms with Gasteiger partial charge in [-0.1, -0.05) is 18.2 Å². The average Bonchev–Trinajstić information content (AvgIpc) is 2.62. The molecular weight excluding hydrogens is 394 g/mol. The van der Waals surface area contributed by atoms with E-state index in [1.165, 1.54) is 30.0 Å². The maximum Gasteiger partial charge on any atom is 0.255 e. The maximum atomic E-state index is 12.9. The van der Waals surface area contributed by atoms with Crippen LogP contribution in [0.25, 0.3) is 0 Å². The lowest BCUT2D eigenvalue weighted by Crippen LogP contribution is -2.31. The van der Waals surface area contributed by atoms with E-state index >= 15 is 0 Å². The second-order valence-electron chi connectivity index (χ2n) is 6.66. The fourth-order valence-corrected chi connectivity index (χ4v) is 3.19. The SMILES string of the molecule is CC(=O)Nc1ccc(NS(C)(=O)=O)c(C(=O)N(C)CCOc2ccccc2C)c1. The number of ether oxygens (including phenoxy) is 1. The van der Waals surface area contributed by atoms with Crippen LogP contribution < -0.4 is 14.8 Å². The van der Waals surface area contributed by atoms with Crippen molar-refractivity contribution >= 4 is 33.2 Å². The van der Waals surface area contributed by atoms with Crippen LogP contribution in [0.1, 0.15) is 22.8 Å². The lowest BCUT2D eigenvalue weighted by atomic mass is 10.1. The molecule has 0 bridgehead atoms. The zero-order valence-corrected chi connectivity index (χ0v) is 17.7. The Morgan fingerprint density at radius 1 is 1.14 bits per heavy atom. The molecule has 0 aliphatic heterocycles. The number of benzene rings is 2. The summed E-state index contributed by atoms with van der Waals surface area (Å²) >= 11 is 0. The standard InChI is InChI=1S/C20H25N3O5S/c1-14-7-5-6-8-19(14)28-12-11-23(3)20(25)17-13-16(21-15(2)24)9-10-18(17)22-29(4,26)27/h5-10,13,22H,11-12H2,1-4H3,(H,21,24). The Bertz CT molecular complexity index is 1000. The highest BCUT2D eigenvalue weighted by Gasteiger charge is 2.19. The number of aryl methyl sites for hydroxylation is 1. The Labute approximate surface area is 170 Å². The van der Waals surface area contributed by atoms with Crippen LogP contribution in [0.3, 0.4) is 0 Å². The number of hydrogen-bond acceptors (Lipinski definition) is 5. The van der Waals surface area contributed by atoms with Crippen molar-refractivity contribution in [2.24, 2.45) is 0 Å². The third-order valence-corrected chi connectivity index (χ3v) is 4.58. The zero-order valence-electron chi connectivity index (χ0n) is 16.9. The summed E-state index contributed by atoms with van der Waals surface area (Å²) in [6, 6.07) is 12.0. The number of anilines is 2. The Morgan fingerprint density at radius 2 is 1.83 bits per heavy atom. The van der Waals surface area contributed by atoms with Crippen LogP contribution >= 0.6 is 0 Å². The van der Waals surface area contributed by atoms with E-state index in [4.69, 9.17) is 4.74 Å². The molecule has 0 aromatic heterocycles. The summed E-state index contributed by atoms with van der Waals surface area (Å²) in [6.07, 6.45) is 1.00. The maximum absolute atomic E-state index is 12.9. The first-order chi connectivity index (χ1) is 13.6. The van der Waals surface area contributed by atoms with Gasteiger partial charge in [-0.3, -0.25) is 14.3 Å². The third kappa shape index (κ3) is 6.79. The topological polar surface area (TPSA) is 105 Å². The highest BCUT2D eigenvalue weighted by molar-refractivity contribution is 7.92. The van der Waals surface area contributed by atoms with Gasteiger partial charge < -0.3 is 15.0 Å². The summed E-state index contributed by atoms with van der Waals surface area (Å²) in [5.74, 6) is 0.0318. The molecule has 0 heterocycles. The molecular formula is C20H25N3O5S. The lowest BCUT2D eigenvalue weighted by molar-refractivity contribution is -0.114. The molecule has 8 nitrogen and oxygen atoms in total. The minimum absolute atomic E-state index is 0.125. The van der Waals surface area contributed by atoms with E-state index in [0.29, 0.717) is 5.69 Å². The largest absolute Gasteiger partial charge is 0.491 e. The second kappa shape index (κ2) is 9.42. The minimum Gasteiger partial charge on any atom is -0.491 e. The van der Waals surface area contributed by atoms with Crippen molar-refractivity contribution in [3.8, 4) is 5.75 Å². The first-order valence-electron chi connectivity index (χ1n) is 8.90. The summed E-state index contributed by atoms with van der Waals surface area (Å²) in [4.78, 5) is 25.7. The fraction of sp³-hybridized carbons (Fsp3) is 0.300. The van der Waals surface area contributed by atoms with Crippen molar-refractivity contribution in [1.29, 1.82) is 0 Å². The summed E-state index contributed by atoms with van der Waals surface area (Å²) in [6.45, 7) is 3.84. The molecule has 2 aromatic carbocycles. The van der Waals surface area contributed by atoms with Crippen LogP contribution in [-0.2, 0) is 14.8 Å². The van der Waals surface area contributed by atoms with Gasteiger partial charge in [0.05, 0.1) is 24.1 Å². The van der Waals surface area contributed by atoms with Crippen molar-refractivity contribution in [3.63, 3.8) is 0 Å². The quantitative estimate of drug-likeness (QED) is 0.684. The van der Waals surface area contributed by atoms with Crippen LogP contribution in [0.4, 0.5) is 11.4 Å². The van der Waals surface area contributed by atoms with Gasteiger partial charge in [0.2, 0.25) is 15.9 Å². The van der Waals surface area contributed by atoms with Crippen LogP contribution in [-0.4, -0.2) is 51.6 Å². The molecule has 2 N–H and O–H groups in total. The van der Waals surface area contributed by atoms with E-state index in [1.54, 1.807) is 7.05 Å². The van der Waals surface area contributed by atoms with Crippen LogP contribution in [0.2, 0.25) is 0 Å². The van der Waals surface area contributed by atoms with Gasteiger partial charge >= 0.3 is 0 Å².